The molecule has 0 spiro atoms. The zero-order valence-corrected chi connectivity index (χ0v) is 7.07. The number of carboxylic acid groups (broad SMARTS) is 1. The van der Waals surface area contributed by atoms with E-state index in [0.29, 0.717) is 5.92 Å². The van der Waals surface area contributed by atoms with Gasteiger partial charge < -0.3 is 10.8 Å². The molecule has 3 unspecified atom stereocenters. The molecule has 3 heteroatoms. The van der Waals surface area contributed by atoms with E-state index in [-0.39, 0.29) is 5.92 Å². The van der Waals surface area contributed by atoms with E-state index >= 15 is 0 Å². The van der Waals surface area contributed by atoms with Crippen molar-refractivity contribution in [3.8, 4) is 0 Å². The van der Waals surface area contributed by atoms with Crippen LogP contribution in [0.25, 0.3) is 0 Å². The van der Waals surface area contributed by atoms with Crippen LogP contribution >= 0.6 is 0 Å². The molecule has 2 saturated carbocycles. The maximum absolute atomic E-state index is 10.6. The molecule has 2 aliphatic rings. The van der Waals surface area contributed by atoms with Crippen LogP contribution in [0.2, 0.25) is 0 Å². The van der Waals surface area contributed by atoms with Gasteiger partial charge in [0.05, 0.1) is 0 Å². The zero-order chi connectivity index (χ0) is 8.72. The Bertz CT molecular complexity index is 205. The van der Waals surface area contributed by atoms with Crippen molar-refractivity contribution in [3.05, 3.63) is 0 Å². The van der Waals surface area contributed by atoms with Crippen LogP contribution in [0.15, 0.2) is 0 Å². The van der Waals surface area contributed by atoms with E-state index in [4.69, 9.17) is 10.8 Å². The van der Waals surface area contributed by atoms with Crippen LogP contribution in [0.1, 0.15) is 25.7 Å². The van der Waals surface area contributed by atoms with Gasteiger partial charge in [0.2, 0.25) is 0 Å². The molecule has 0 aromatic carbocycles. The smallest absolute Gasteiger partial charge is 0.320 e. The number of carbonyl (C=O) groups is 1. The summed E-state index contributed by atoms with van der Waals surface area (Å²) in [6.07, 6.45) is 4.79. The highest BCUT2D eigenvalue weighted by Crippen LogP contribution is 2.49. The predicted molar refractivity (Wildman–Crippen MR) is 44.5 cm³/mol. The summed E-state index contributed by atoms with van der Waals surface area (Å²) in [6, 6.07) is -0.611. The second-order valence-corrected chi connectivity index (χ2v) is 4.20. The van der Waals surface area contributed by atoms with Crippen molar-refractivity contribution < 1.29 is 9.90 Å². The van der Waals surface area contributed by atoms with Crippen LogP contribution in [0.4, 0.5) is 0 Å². The van der Waals surface area contributed by atoms with E-state index in [1.165, 1.54) is 19.3 Å². The quantitative estimate of drug-likeness (QED) is 0.643. The highest BCUT2D eigenvalue weighted by Gasteiger charge is 2.43. The van der Waals surface area contributed by atoms with Crippen molar-refractivity contribution in [1.29, 1.82) is 0 Å². The zero-order valence-electron chi connectivity index (χ0n) is 7.07. The molecule has 3 N–H and O–H groups in total. The molecule has 0 aromatic rings. The lowest BCUT2D eigenvalue weighted by molar-refractivity contribution is -0.140. The lowest BCUT2D eigenvalue weighted by Crippen LogP contribution is -2.40. The summed E-state index contributed by atoms with van der Waals surface area (Å²) in [5.41, 5.74) is 5.61. The van der Waals surface area contributed by atoms with Crippen molar-refractivity contribution in [1.82, 2.24) is 0 Å². The molecule has 2 bridgehead atoms. The Morgan fingerprint density at radius 3 is 2.58 bits per heavy atom. The largest absolute Gasteiger partial charge is 0.480 e. The fourth-order valence-corrected chi connectivity index (χ4v) is 2.92. The van der Waals surface area contributed by atoms with Gasteiger partial charge >= 0.3 is 5.97 Å². The van der Waals surface area contributed by atoms with Crippen LogP contribution in [-0.4, -0.2) is 17.1 Å². The van der Waals surface area contributed by atoms with Gasteiger partial charge in [-0.2, -0.15) is 0 Å². The Balaban J connectivity index is 2.02. The number of hydrogen-bond acceptors (Lipinski definition) is 2. The van der Waals surface area contributed by atoms with Crippen LogP contribution in [0.3, 0.4) is 0 Å². The first kappa shape index (κ1) is 8.05. The fraction of sp³-hybridized carbons (Fsp3) is 0.889. The molecule has 12 heavy (non-hydrogen) atoms. The van der Waals surface area contributed by atoms with Crippen molar-refractivity contribution in [2.45, 2.75) is 31.7 Å². The van der Waals surface area contributed by atoms with Crippen LogP contribution < -0.4 is 5.73 Å². The molecule has 0 amide bonds. The van der Waals surface area contributed by atoms with Crippen LogP contribution in [0.5, 0.6) is 0 Å². The van der Waals surface area contributed by atoms with Gasteiger partial charge in [0.15, 0.2) is 0 Å². The van der Waals surface area contributed by atoms with Gasteiger partial charge in [-0.15, -0.1) is 0 Å². The summed E-state index contributed by atoms with van der Waals surface area (Å²) in [6.45, 7) is 0. The summed E-state index contributed by atoms with van der Waals surface area (Å²) >= 11 is 0. The van der Waals surface area contributed by atoms with E-state index in [1.807, 2.05) is 0 Å². The molecule has 3 nitrogen and oxygen atoms in total. The maximum Gasteiger partial charge on any atom is 0.320 e. The molecule has 0 heterocycles. The van der Waals surface area contributed by atoms with Gasteiger partial charge in [-0.05, 0) is 37.0 Å². The molecule has 2 rings (SSSR count). The van der Waals surface area contributed by atoms with Crippen molar-refractivity contribution in [2.75, 3.05) is 0 Å². The average Bonchev–Trinajstić information content (AvgIpc) is 2.62. The van der Waals surface area contributed by atoms with Gasteiger partial charge in [-0.25, -0.2) is 0 Å². The standard InChI is InChI=1S/C9H15NO2/c10-8(9(11)12)7-4-5-1-2-6(7)3-5/h5-8H,1-4,10H2,(H,11,12)/t5?,6?,7?,8-/m1/s1. The second kappa shape index (κ2) is 2.73. The van der Waals surface area contributed by atoms with Crippen LogP contribution in [0, 0.1) is 17.8 Å². The van der Waals surface area contributed by atoms with Crippen LogP contribution in [-0.2, 0) is 4.79 Å². The Kier molecular flexibility index (Phi) is 1.83. The first-order valence-electron chi connectivity index (χ1n) is 4.67. The monoisotopic (exact) mass is 169 g/mol. The SMILES string of the molecule is N[C@@H](C(=O)O)C1CC2CCC1C2. The highest BCUT2D eigenvalue weighted by molar-refractivity contribution is 5.73. The van der Waals surface area contributed by atoms with E-state index < -0.39 is 12.0 Å². The van der Waals surface area contributed by atoms with Crippen molar-refractivity contribution in [3.63, 3.8) is 0 Å². The van der Waals surface area contributed by atoms with Gasteiger partial charge in [-0.1, -0.05) is 6.42 Å². The molecule has 2 aliphatic carbocycles. The number of nitrogens with two attached hydrogens (primary N) is 1. The molecule has 68 valence electrons. The average molecular weight is 169 g/mol. The van der Waals surface area contributed by atoms with Gasteiger partial charge in [0.25, 0.3) is 0 Å². The Labute approximate surface area is 71.9 Å². The normalized spacial score (nSPS) is 41.6. The Morgan fingerprint density at radius 1 is 1.42 bits per heavy atom. The number of aliphatic carboxylic acids is 1. The number of rotatable bonds is 2. The first-order chi connectivity index (χ1) is 5.68. The van der Waals surface area contributed by atoms with E-state index in [0.717, 1.165) is 12.3 Å². The summed E-state index contributed by atoms with van der Waals surface area (Å²) in [5.74, 6) is 0.834. The highest BCUT2D eigenvalue weighted by atomic mass is 16.4. The molecule has 0 aliphatic heterocycles. The number of carboxylic acids is 1. The van der Waals surface area contributed by atoms with E-state index in [2.05, 4.69) is 0 Å². The molecular weight excluding hydrogens is 154 g/mol. The summed E-state index contributed by atoms with van der Waals surface area (Å²) in [7, 11) is 0. The number of hydrogen-bond donors (Lipinski definition) is 2. The van der Waals surface area contributed by atoms with E-state index in [1.54, 1.807) is 0 Å². The summed E-state index contributed by atoms with van der Waals surface area (Å²) in [4.78, 5) is 10.6. The lowest BCUT2D eigenvalue weighted by atomic mass is 9.84. The Morgan fingerprint density at radius 2 is 2.17 bits per heavy atom. The third-order valence-electron chi connectivity index (χ3n) is 3.54. The lowest BCUT2D eigenvalue weighted by Gasteiger charge is -2.24. The first-order valence-corrected chi connectivity index (χ1v) is 4.67. The molecule has 0 radical (unpaired) electrons. The third-order valence-corrected chi connectivity index (χ3v) is 3.54. The minimum absolute atomic E-state index is 0.265. The Hall–Kier alpha value is -0.570. The van der Waals surface area contributed by atoms with Gasteiger partial charge in [0, 0.05) is 0 Å². The summed E-state index contributed by atoms with van der Waals surface area (Å²) < 4.78 is 0. The van der Waals surface area contributed by atoms with Gasteiger partial charge in [-0.3, -0.25) is 4.79 Å². The minimum atomic E-state index is -0.826. The predicted octanol–water partition coefficient (Wildman–Crippen LogP) is 0.834. The topological polar surface area (TPSA) is 63.3 Å². The molecule has 0 saturated heterocycles. The minimum Gasteiger partial charge on any atom is -0.480 e. The molecule has 0 aromatic heterocycles. The maximum atomic E-state index is 10.6. The van der Waals surface area contributed by atoms with Crippen molar-refractivity contribution >= 4 is 5.97 Å². The number of fused-ring (bicyclic) bond motifs is 2. The third kappa shape index (κ3) is 1.12. The molecule has 4 atom stereocenters. The fourth-order valence-electron chi connectivity index (χ4n) is 2.92. The molecule has 2 fully saturated rings. The molecular formula is C9H15NO2. The summed E-state index contributed by atoms with van der Waals surface area (Å²) in [5, 5.41) is 8.75. The van der Waals surface area contributed by atoms with Crippen molar-refractivity contribution in [2.24, 2.45) is 23.5 Å². The van der Waals surface area contributed by atoms with Gasteiger partial charge in [0.1, 0.15) is 6.04 Å². The second-order valence-electron chi connectivity index (χ2n) is 4.20. The van der Waals surface area contributed by atoms with E-state index in [9.17, 15) is 4.79 Å².